The van der Waals surface area contributed by atoms with E-state index in [9.17, 15) is 9.59 Å². The van der Waals surface area contributed by atoms with Crippen molar-refractivity contribution in [3.63, 3.8) is 0 Å². The molecule has 0 spiro atoms. The first-order valence-corrected chi connectivity index (χ1v) is 16.1. The molecule has 0 amide bonds. The SMILES string of the molecule is CCC(C)OC(=O)CC(C)Nc1ccc2nc(-c3ccccc3-c3nc4ccc(NC(C)CC(=O)OC(C)CC)cc4[nH]3)[nH]c2c1. The van der Waals surface area contributed by atoms with E-state index in [1.165, 1.54) is 0 Å². The molecular formula is C36H44N6O4. The molecule has 0 radical (unpaired) electrons. The van der Waals surface area contributed by atoms with Gasteiger partial charge in [-0.25, -0.2) is 9.97 Å². The lowest BCUT2D eigenvalue weighted by Gasteiger charge is -2.16. The van der Waals surface area contributed by atoms with Crippen LogP contribution in [-0.2, 0) is 19.1 Å². The van der Waals surface area contributed by atoms with Crippen LogP contribution in [0.1, 0.15) is 67.2 Å². The molecule has 0 aliphatic heterocycles. The van der Waals surface area contributed by atoms with Crippen LogP contribution in [0, 0.1) is 0 Å². The monoisotopic (exact) mass is 624 g/mol. The van der Waals surface area contributed by atoms with Crippen LogP contribution in [0.15, 0.2) is 60.7 Å². The zero-order chi connectivity index (χ0) is 32.8. The standard InChI is InChI=1S/C36H44N6O4/c1-7-23(5)45-33(43)17-21(3)37-25-13-15-29-31(19-25)41-35(39-29)27-11-9-10-12-28(27)36-40-30-16-14-26(20-32(30)42-36)38-22(4)18-34(44)46-24(6)8-2/h9-16,19-24,37-38H,7-8,17-18H2,1-6H3,(H,39,41)(H,40,42). The molecule has 4 atom stereocenters. The zero-order valence-electron chi connectivity index (χ0n) is 27.4. The molecule has 10 heteroatoms. The minimum Gasteiger partial charge on any atom is -0.463 e. The third-order valence-electron chi connectivity index (χ3n) is 7.99. The van der Waals surface area contributed by atoms with E-state index in [0.717, 1.165) is 69.1 Å². The predicted molar refractivity (Wildman–Crippen MR) is 184 cm³/mol. The summed E-state index contributed by atoms with van der Waals surface area (Å²) in [7, 11) is 0. The first kappa shape index (κ1) is 32.5. The maximum atomic E-state index is 12.2. The highest BCUT2D eigenvalue weighted by Crippen LogP contribution is 2.32. The van der Waals surface area contributed by atoms with Gasteiger partial charge in [-0.2, -0.15) is 0 Å². The van der Waals surface area contributed by atoms with E-state index in [1.807, 2.05) is 102 Å². The van der Waals surface area contributed by atoms with E-state index in [2.05, 4.69) is 20.6 Å². The third-order valence-corrected chi connectivity index (χ3v) is 7.99. The van der Waals surface area contributed by atoms with Gasteiger partial charge in [-0.3, -0.25) is 9.59 Å². The van der Waals surface area contributed by atoms with Crippen molar-refractivity contribution in [2.75, 3.05) is 10.6 Å². The lowest BCUT2D eigenvalue weighted by molar-refractivity contribution is -0.149. The second-order valence-corrected chi connectivity index (χ2v) is 12.1. The average molecular weight is 625 g/mol. The topological polar surface area (TPSA) is 134 Å². The lowest BCUT2D eigenvalue weighted by atomic mass is 10.1. The number of aromatic amines is 2. The van der Waals surface area contributed by atoms with Gasteiger partial charge in [0.05, 0.1) is 47.1 Å². The van der Waals surface area contributed by atoms with Gasteiger partial charge in [-0.1, -0.05) is 38.1 Å². The number of nitrogens with one attached hydrogen (secondary N) is 4. The maximum Gasteiger partial charge on any atom is 0.308 e. The molecule has 3 aromatic carbocycles. The number of H-pyrrole nitrogens is 2. The van der Waals surface area contributed by atoms with Gasteiger partial charge < -0.3 is 30.1 Å². The summed E-state index contributed by atoms with van der Waals surface area (Å²) in [5.41, 5.74) is 7.05. The fourth-order valence-corrected chi connectivity index (χ4v) is 5.23. The number of nitrogens with zero attached hydrogens (tertiary/aromatic N) is 2. The summed E-state index contributed by atoms with van der Waals surface area (Å²) in [5, 5.41) is 6.80. The second-order valence-electron chi connectivity index (χ2n) is 12.1. The van der Waals surface area contributed by atoms with Gasteiger partial charge in [0.2, 0.25) is 0 Å². The van der Waals surface area contributed by atoms with E-state index >= 15 is 0 Å². The Morgan fingerprint density at radius 1 is 0.674 bits per heavy atom. The molecule has 10 nitrogen and oxygen atoms in total. The highest BCUT2D eigenvalue weighted by Gasteiger charge is 2.17. The molecule has 2 heterocycles. The Morgan fingerprint density at radius 3 is 1.48 bits per heavy atom. The Hall–Kier alpha value is -4.86. The number of anilines is 2. The number of fused-ring (bicyclic) bond motifs is 2. The summed E-state index contributed by atoms with van der Waals surface area (Å²) in [4.78, 5) is 41.1. The molecule has 0 saturated heterocycles. The Kier molecular flexibility index (Phi) is 10.2. The second kappa shape index (κ2) is 14.5. The predicted octanol–water partition coefficient (Wildman–Crippen LogP) is 7.84. The van der Waals surface area contributed by atoms with Gasteiger partial charge in [0, 0.05) is 34.6 Å². The van der Waals surface area contributed by atoms with Crippen LogP contribution in [0.3, 0.4) is 0 Å². The molecule has 46 heavy (non-hydrogen) atoms. The molecule has 0 aliphatic rings. The summed E-state index contributed by atoms with van der Waals surface area (Å²) in [6, 6.07) is 19.7. The number of esters is 2. The Bertz CT molecular complexity index is 1680. The van der Waals surface area contributed by atoms with Crippen molar-refractivity contribution in [2.45, 2.75) is 91.5 Å². The number of benzene rings is 3. The van der Waals surface area contributed by atoms with E-state index in [4.69, 9.17) is 19.4 Å². The molecule has 242 valence electrons. The molecule has 4 unspecified atom stereocenters. The van der Waals surface area contributed by atoms with Gasteiger partial charge in [0.25, 0.3) is 0 Å². The van der Waals surface area contributed by atoms with E-state index < -0.39 is 0 Å². The molecule has 0 fully saturated rings. The van der Waals surface area contributed by atoms with Crippen molar-refractivity contribution in [3.05, 3.63) is 60.7 Å². The molecule has 5 aromatic rings. The Balaban J connectivity index is 1.31. The van der Waals surface area contributed by atoms with E-state index in [0.29, 0.717) is 0 Å². The molecular weight excluding hydrogens is 580 g/mol. The Morgan fingerprint density at radius 2 is 1.09 bits per heavy atom. The van der Waals surface area contributed by atoms with Gasteiger partial charge in [-0.15, -0.1) is 0 Å². The molecule has 4 N–H and O–H groups in total. The molecule has 5 rings (SSSR count). The normalized spacial score (nSPS) is 14.0. The summed E-state index contributed by atoms with van der Waals surface area (Å²) < 4.78 is 10.8. The largest absolute Gasteiger partial charge is 0.463 e. The quantitative estimate of drug-likeness (QED) is 0.0919. The van der Waals surface area contributed by atoms with E-state index in [-0.39, 0.29) is 49.1 Å². The minimum atomic E-state index is -0.206. The van der Waals surface area contributed by atoms with Crippen LogP contribution in [0.5, 0.6) is 0 Å². The molecule has 0 aliphatic carbocycles. The number of hydrogen-bond acceptors (Lipinski definition) is 8. The fourth-order valence-electron chi connectivity index (χ4n) is 5.23. The fraction of sp³-hybridized carbons (Fsp3) is 0.389. The van der Waals surface area contributed by atoms with E-state index in [1.54, 1.807) is 0 Å². The van der Waals surface area contributed by atoms with Gasteiger partial charge in [0.1, 0.15) is 11.6 Å². The summed E-state index contributed by atoms with van der Waals surface area (Å²) >= 11 is 0. The van der Waals surface area contributed by atoms with Gasteiger partial charge >= 0.3 is 11.9 Å². The van der Waals surface area contributed by atoms with Crippen molar-refractivity contribution in [2.24, 2.45) is 0 Å². The number of hydrogen-bond donors (Lipinski definition) is 4. The number of carbonyl (C=O) groups excluding carboxylic acids is 2. The van der Waals surface area contributed by atoms with Crippen LogP contribution in [0.2, 0.25) is 0 Å². The minimum absolute atomic E-state index is 0.0803. The summed E-state index contributed by atoms with van der Waals surface area (Å²) in [5.74, 6) is 1.05. The number of aromatic nitrogens is 4. The first-order chi connectivity index (χ1) is 22.1. The van der Waals surface area contributed by atoms with Crippen molar-refractivity contribution in [1.29, 1.82) is 0 Å². The summed E-state index contributed by atoms with van der Waals surface area (Å²) in [6.45, 7) is 11.7. The van der Waals surface area contributed by atoms with Crippen LogP contribution < -0.4 is 10.6 Å². The van der Waals surface area contributed by atoms with Crippen LogP contribution in [0.25, 0.3) is 44.8 Å². The van der Waals surface area contributed by atoms with Gasteiger partial charge in [-0.05, 0) is 76.9 Å². The number of imidazole rings is 2. The zero-order valence-corrected chi connectivity index (χ0v) is 27.4. The average Bonchev–Trinajstić information content (AvgIpc) is 3.64. The van der Waals surface area contributed by atoms with Crippen molar-refractivity contribution in [3.8, 4) is 22.8 Å². The van der Waals surface area contributed by atoms with Crippen molar-refractivity contribution < 1.29 is 19.1 Å². The van der Waals surface area contributed by atoms with Crippen LogP contribution >= 0.6 is 0 Å². The van der Waals surface area contributed by atoms with Gasteiger partial charge in [0.15, 0.2) is 0 Å². The third kappa shape index (κ3) is 8.04. The van der Waals surface area contributed by atoms with Crippen LogP contribution in [0.4, 0.5) is 11.4 Å². The van der Waals surface area contributed by atoms with Crippen LogP contribution in [-0.4, -0.2) is 56.2 Å². The van der Waals surface area contributed by atoms with Crippen molar-refractivity contribution in [1.82, 2.24) is 19.9 Å². The lowest BCUT2D eigenvalue weighted by Crippen LogP contribution is -2.23. The molecule has 0 bridgehead atoms. The highest BCUT2D eigenvalue weighted by molar-refractivity contribution is 5.89. The number of carbonyl (C=O) groups is 2. The number of ether oxygens (including phenoxy) is 2. The first-order valence-electron chi connectivity index (χ1n) is 16.1. The smallest absolute Gasteiger partial charge is 0.308 e. The molecule has 2 aromatic heterocycles. The number of rotatable bonds is 14. The Labute approximate surface area is 269 Å². The summed E-state index contributed by atoms with van der Waals surface area (Å²) in [6.07, 6.45) is 1.99. The maximum absolute atomic E-state index is 12.2. The highest BCUT2D eigenvalue weighted by atomic mass is 16.5. The molecule has 0 saturated carbocycles. The van der Waals surface area contributed by atoms with Crippen molar-refractivity contribution >= 4 is 45.4 Å².